The summed E-state index contributed by atoms with van der Waals surface area (Å²) < 4.78 is 0. The summed E-state index contributed by atoms with van der Waals surface area (Å²) in [5.41, 5.74) is 7.06. The molecule has 124 valence electrons. The van der Waals surface area contributed by atoms with Gasteiger partial charge in [-0.15, -0.1) is 0 Å². The summed E-state index contributed by atoms with van der Waals surface area (Å²) in [5.74, 6) is 0.771. The molecule has 5 nitrogen and oxygen atoms in total. The second-order valence-corrected chi connectivity index (χ2v) is 6.43. The van der Waals surface area contributed by atoms with Crippen molar-refractivity contribution in [3.63, 3.8) is 0 Å². The SMILES string of the molecule is CC(C)(CCc1ccccc1O)NC[C@H](O)c1ccc(N)nc1. The van der Waals surface area contributed by atoms with Crippen LogP contribution in [-0.4, -0.2) is 27.3 Å². The van der Waals surface area contributed by atoms with Gasteiger partial charge >= 0.3 is 0 Å². The molecule has 1 aromatic carbocycles. The Morgan fingerprint density at radius 3 is 2.61 bits per heavy atom. The molecular formula is C18H25N3O2. The molecule has 0 aliphatic heterocycles. The number of phenolic OH excluding ortho intramolecular Hbond substituents is 1. The van der Waals surface area contributed by atoms with Gasteiger partial charge in [0.25, 0.3) is 0 Å². The number of anilines is 1. The van der Waals surface area contributed by atoms with Crippen molar-refractivity contribution in [2.75, 3.05) is 12.3 Å². The van der Waals surface area contributed by atoms with E-state index in [4.69, 9.17) is 5.73 Å². The lowest BCUT2D eigenvalue weighted by molar-refractivity contribution is 0.159. The lowest BCUT2D eigenvalue weighted by Gasteiger charge is -2.28. The summed E-state index contributed by atoms with van der Waals surface area (Å²) in [6, 6.07) is 10.8. The maximum absolute atomic E-state index is 10.2. The fraction of sp³-hybridized carbons (Fsp3) is 0.389. The average Bonchev–Trinajstić information content (AvgIpc) is 2.53. The molecular weight excluding hydrogens is 290 g/mol. The molecule has 0 radical (unpaired) electrons. The fourth-order valence-corrected chi connectivity index (χ4v) is 2.36. The molecule has 0 unspecified atom stereocenters. The van der Waals surface area contributed by atoms with Crippen LogP contribution in [0.25, 0.3) is 0 Å². The van der Waals surface area contributed by atoms with Gasteiger partial charge in [0.1, 0.15) is 11.6 Å². The molecule has 5 heteroatoms. The molecule has 1 aromatic heterocycles. The summed E-state index contributed by atoms with van der Waals surface area (Å²) in [7, 11) is 0. The van der Waals surface area contributed by atoms with Crippen LogP contribution in [0.4, 0.5) is 5.82 Å². The van der Waals surface area contributed by atoms with Crippen LogP contribution < -0.4 is 11.1 Å². The van der Waals surface area contributed by atoms with Gasteiger partial charge in [0.15, 0.2) is 0 Å². The van der Waals surface area contributed by atoms with E-state index in [2.05, 4.69) is 24.1 Å². The maximum Gasteiger partial charge on any atom is 0.123 e. The van der Waals surface area contributed by atoms with Crippen LogP contribution >= 0.6 is 0 Å². The van der Waals surface area contributed by atoms with E-state index in [-0.39, 0.29) is 5.54 Å². The third kappa shape index (κ3) is 5.23. The number of nitrogens with two attached hydrogens (primary N) is 1. The van der Waals surface area contributed by atoms with Gasteiger partial charge in [-0.1, -0.05) is 24.3 Å². The minimum atomic E-state index is -0.632. The topological polar surface area (TPSA) is 91.4 Å². The Labute approximate surface area is 137 Å². The number of β-amino-alcohol motifs (C(OH)–C–C–N with tert-alkyl or cyclic N) is 1. The largest absolute Gasteiger partial charge is 0.508 e. The van der Waals surface area contributed by atoms with Crippen molar-refractivity contribution in [1.82, 2.24) is 10.3 Å². The van der Waals surface area contributed by atoms with Crippen molar-refractivity contribution < 1.29 is 10.2 Å². The number of aliphatic hydroxyl groups is 1. The predicted octanol–water partition coefficient (Wildman–Crippen LogP) is 2.40. The molecule has 0 aliphatic rings. The third-order valence-electron chi connectivity index (χ3n) is 3.98. The minimum absolute atomic E-state index is 0.162. The van der Waals surface area contributed by atoms with Crippen LogP contribution in [0.2, 0.25) is 0 Å². The van der Waals surface area contributed by atoms with Crippen molar-refractivity contribution in [2.24, 2.45) is 0 Å². The molecule has 0 saturated heterocycles. The van der Waals surface area contributed by atoms with Crippen molar-refractivity contribution in [3.8, 4) is 5.75 Å². The number of aliphatic hydroxyl groups excluding tert-OH is 1. The number of pyridine rings is 1. The fourth-order valence-electron chi connectivity index (χ4n) is 2.36. The highest BCUT2D eigenvalue weighted by molar-refractivity contribution is 5.32. The van der Waals surface area contributed by atoms with Gasteiger partial charge in [0.05, 0.1) is 6.10 Å². The standard InChI is InChI=1S/C18H25N3O2/c1-18(2,10-9-13-5-3-4-6-15(13)22)21-12-16(23)14-7-8-17(19)20-11-14/h3-8,11,16,21-23H,9-10,12H2,1-2H3,(H2,19,20)/t16-/m0/s1. The number of phenols is 1. The summed E-state index contributed by atoms with van der Waals surface area (Å²) in [6.45, 7) is 4.60. The lowest BCUT2D eigenvalue weighted by atomic mass is 9.94. The van der Waals surface area contributed by atoms with Gasteiger partial charge in [0.2, 0.25) is 0 Å². The van der Waals surface area contributed by atoms with Crippen LogP contribution in [0.1, 0.15) is 37.5 Å². The van der Waals surface area contributed by atoms with Gasteiger partial charge in [-0.05, 0) is 44.4 Å². The van der Waals surface area contributed by atoms with E-state index in [1.54, 1.807) is 24.4 Å². The molecule has 2 aromatic rings. The molecule has 0 amide bonds. The Kier molecular flexibility index (Phi) is 5.58. The first-order valence-corrected chi connectivity index (χ1v) is 7.79. The molecule has 0 spiro atoms. The summed E-state index contributed by atoms with van der Waals surface area (Å²) in [4.78, 5) is 3.99. The normalized spacial score (nSPS) is 13.0. The van der Waals surface area contributed by atoms with Gasteiger partial charge in [0, 0.05) is 23.8 Å². The number of nitrogen functional groups attached to an aromatic ring is 1. The van der Waals surface area contributed by atoms with Gasteiger partial charge in [-0.2, -0.15) is 0 Å². The monoisotopic (exact) mass is 315 g/mol. The van der Waals surface area contributed by atoms with Crippen LogP contribution in [-0.2, 0) is 6.42 Å². The Morgan fingerprint density at radius 1 is 1.22 bits per heavy atom. The molecule has 5 N–H and O–H groups in total. The molecule has 0 bridgehead atoms. The predicted molar refractivity (Wildman–Crippen MR) is 92.1 cm³/mol. The quantitative estimate of drug-likeness (QED) is 0.630. The Hall–Kier alpha value is -2.11. The second-order valence-electron chi connectivity index (χ2n) is 6.43. The number of nitrogens with zero attached hydrogens (tertiary/aromatic N) is 1. The molecule has 0 saturated carbocycles. The van der Waals surface area contributed by atoms with Crippen LogP contribution in [0.5, 0.6) is 5.75 Å². The Balaban J connectivity index is 1.85. The molecule has 1 atom stereocenters. The molecule has 23 heavy (non-hydrogen) atoms. The lowest BCUT2D eigenvalue weighted by Crippen LogP contribution is -2.42. The van der Waals surface area contributed by atoms with Crippen molar-refractivity contribution in [3.05, 3.63) is 53.7 Å². The van der Waals surface area contributed by atoms with Crippen molar-refractivity contribution >= 4 is 5.82 Å². The molecule has 1 heterocycles. The van der Waals surface area contributed by atoms with Gasteiger partial charge in [-0.3, -0.25) is 0 Å². The van der Waals surface area contributed by atoms with Crippen molar-refractivity contribution in [1.29, 1.82) is 0 Å². The summed E-state index contributed by atoms with van der Waals surface area (Å²) >= 11 is 0. The van der Waals surface area contributed by atoms with E-state index in [9.17, 15) is 10.2 Å². The zero-order valence-electron chi connectivity index (χ0n) is 13.7. The Morgan fingerprint density at radius 2 is 1.96 bits per heavy atom. The van der Waals surface area contributed by atoms with Crippen LogP contribution in [0.3, 0.4) is 0 Å². The number of hydrogen-bond acceptors (Lipinski definition) is 5. The number of nitrogens with one attached hydrogen (secondary N) is 1. The molecule has 0 fully saturated rings. The zero-order chi connectivity index (χ0) is 16.9. The average molecular weight is 315 g/mol. The number of aromatic hydroxyl groups is 1. The number of rotatable bonds is 7. The number of benzene rings is 1. The first kappa shape index (κ1) is 17.2. The second kappa shape index (κ2) is 7.44. The van der Waals surface area contributed by atoms with Crippen LogP contribution in [0.15, 0.2) is 42.6 Å². The van der Waals surface area contributed by atoms with Crippen molar-refractivity contribution in [2.45, 2.75) is 38.3 Å². The van der Waals surface area contributed by atoms with Gasteiger partial charge in [-0.25, -0.2) is 4.98 Å². The minimum Gasteiger partial charge on any atom is -0.508 e. The third-order valence-corrected chi connectivity index (χ3v) is 3.98. The number of aryl methyl sites for hydroxylation is 1. The van der Waals surface area contributed by atoms with E-state index < -0.39 is 6.10 Å². The highest BCUT2D eigenvalue weighted by Gasteiger charge is 2.19. The summed E-state index contributed by atoms with van der Waals surface area (Å²) in [5, 5.41) is 23.4. The number of aromatic nitrogens is 1. The van der Waals surface area contributed by atoms with Crippen LogP contribution in [0, 0.1) is 0 Å². The number of para-hydroxylation sites is 1. The smallest absolute Gasteiger partial charge is 0.123 e. The maximum atomic E-state index is 10.2. The highest BCUT2D eigenvalue weighted by atomic mass is 16.3. The first-order valence-electron chi connectivity index (χ1n) is 7.79. The molecule has 0 aliphatic carbocycles. The van der Waals surface area contributed by atoms with Gasteiger partial charge < -0.3 is 21.3 Å². The van der Waals surface area contributed by atoms with E-state index in [0.717, 1.165) is 24.0 Å². The first-order chi connectivity index (χ1) is 10.9. The highest BCUT2D eigenvalue weighted by Crippen LogP contribution is 2.21. The van der Waals surface area contributed by atoms with E-state index in [1.165, 1.54) is 0 Å². The zero-order valence-corrected chi connectivity index (χ0v) is 13.7. The van der Waals surface area contributed by atoms with E-state index >= 15 is 0 Å². The van der Waals surface area contributed by atoms with E-state index in [0.29, 0.717) is 18.1 Å². The number of hydrogen-bond donors (Lipinski definition) is 4. The Bertz CT molecular complexity index is 626. The molecule has 2 rings (SSSR count). The van der Waals surface area contributed by atoms with E-state index in [1.807, 2.05) is 18.2 Å². The summed E-state index contributed by atoms with van der Waals surface area (Å²) in [6.07, 6.45) is 2.58.